The first-order valence-electron chi connectivity index (χ1n) is 3.78. The van der Waals surface area contributed by atoms with Crippen molar-refractivity contribution < 1.29 is 9.84 Å². The molecule has 1 unspecified atom stereocenters. The summed E-state index contributed by atoms with van der Waals surface area (Å²) < 4.78 is 5.57. The summed E-state index contributed by atoms with van der Waals surface area (Å²) in [5.41, 5.74) is 0.472. The van der Waals surface area contributed by atoms with Crippen LogP contribution in [-0.2, 0) is 4.74 Å². The van der Waals surface area contributed by atoms with Crippen molar-refractivity contribution in [3.05, 3.63) is 11.6 Å². The van der Waals surface area contributed by atoms with Crippen molar-refractivity contribution in [2.45, 2.75) is 12.4 Å². The summed E-state index contributed by atoms with van der Waals surface area (Å²) in [6.07, 6.45) is 1.78. The van der Waals surface area contributed by atoms with E-state index in [1.165, 1.54) is 0 Å². The minimum absolute atomic E-state index is 0.0469. The van der Waals surface area contributed by atoms with E-state index in [1.807, 2.05) is 22.6 Å². The summed E-state index contributed by atoms with van der Waals surface area (Å²) in [6, 6.07) is 0. The van der Waals surface area contributed by atoms with Gasteiger partial charge in [0.2, 0.25) is 0 Å². The monoisotopic (exact) mass is 317 g/mol. The molecule has 0 aromatic heterocycles. The lowest BCUT2D eigenvalue weighted by molar-refractivity contribution is 0.232. The Morgan fingerprint density at radius 1 is 1.77 bits per heavy atom. The highest BCUT2D eigenvalue weighted by Crippen LogP contribution is 2.09. The fourth-order valence-electron chi connectivity index (χ4n) is 0.637. The van der Waals surface area contributed by atoms with E-state index in [1.54, 1.807) is 20.1 Å². The van der Waals surface area contributed by atoms with E-state index in [-0.39, 0.29) is 12.1 Å². The van der Waals surface area contributed by atoms with Crippen molar-refractivity contribution in [3.8, 4) is 0 Å². The van der Waals surface area contributed by atoms with Gasteiger partial charge in [-0.25, -0.2) is 0 Å². The molecule has 0 aliphatic rings. The molecule has 0 amide bonds. The number of aliphatic hydroxyl groups is 1. The molecule has 0 aromatic rings. The molecule has 0 spiro atoms. The largest absolute Gasteiger partial charge is 0.392 e. The van der Waals surface area contributed by atoms with E-state index < -0.39 is 0 Å². The van der Waals surface area contributed by atoms with Crippen molar-refractivity contribution in [2.24, 2.45) is 4.99 Å². The molecule has 0 rings (SSSR count). The molecule has 1 N–H and O–H groups in total. The fourth-order valence-corrected chi connectivity index (χ4v) is 1.71. The Balaban J connectivity index is 4.39. The number of nitrogens with zero attached hydrogens (tertiary/aromatic N) is 1. The smallest absolute Gasteiger partial charge is 0.122 e. The molecule has 13 heavy (non-hydrogen) atoms. The minimum atomic E-state index is -0.274. The van der Waals surface area contributed by atoms with Gasteiger partial charge in [0.1, 0.15) is 9.22 Å². The molecular weight excluding hydrogens is 304 g/mol. The summed E-state index contributed by atoms with van der Waals surface area (Å²) >= 11 is 7.72. The van der Waals surface area contributed by atoms with Crippen molar-refractivity contribution >= 4 is 37.9 Å². The van der Waals surface area contributed by atoms with Crippen LogP contribution in [-0.4, -0.2) is 34.6 Å². The average molecular weight is 318 g/mol. The molecule has 0 aliphatic carbocycles. The van der Waals surface area contributed by atoms with E-state index in [0.29, 0.717) is 6.61 Å². The maximum absolute atomic E-state index is 8.98. The molecule has 5 heteroatoms. The zero-order valence-electron chi connectivity index (χ0n) is 7.63. The van der Waals surface area contributed by atoms with Crippen LogP contribution < -0.4 is 0 Å². The second-order valence-corrected chi connectivity index (χ2v) is 3.99. The normalized spacial score (nSPS) is 16.1. The maximum Gasteiger partial charge on any atom is 0.122 e. The fraction of sp³-hybridized carbons (Fsp3) is 0.625. The number of rotatable bonds is 5. The standard InChI is InChI=1S/C8H13ClINO2/c1-6(9)11-8(10)7(5-12)3-4-13-2/h3,6,12H,4-5H2,1-2H3/b7-3-,11-8+. The number of aliphatic imine (C=N–C) groups is 1. The Morgan fingerprint density at radius 3 is 2.77 bits per heavy atom. The molecule has 0 heterocycles. The van der Waals surface area contributed by atoms with Gasteiger partial charge in [-0.2, -0.15) is 0 Å². The van der Waals surface area contributed by atoms with E-state index in [4.69, 9.17) is 21.4 Å². The SMILES string of the molecule is COC/C=C(CO)\C(I)=N/C(C)Cl. The third kappa shape index (κ3) is 6.42. The Bertz CT molecular complexity index is 204. The van der Waals surface area contributed by atoms with Crippen molar-refractivity contribution in [1.29, 1.82) is 0 Å². The number of methoxy groups -OCH3 is 1. The Kier molecular flexibility index (Phi) is 7.93. The summed E-state index contributed by atoms with van der Waals surface area (Å²) in [6.45, 7) is 2.19. The Morgan fingerprint density at radius 2 is 2.38 bits per heavy atom. The number of ether oxygens (including phenoxy) is 1. The number of halogens is 2. The Hall–Kier alpha value is 0.350. The third-order valence-corrected chi connectivity index (χ3v) is 2.29. The molecule has 1 atom stereocenters. The molecule has 0 saturated carbocycles. The van der Waals surface area contributed by atoms with Gasteiger partial charge < -0.3 is 9.84 Å². The van der Waals surface area contributed by atoms with Gasteiger partial charge in [0.15, 0.2) is 0 Å². The maximum atomic E-state index is 8.98. The number of hydrogen-bond acceptors (Lipinski definition) is 3. The number of hydrogen-bond donors (Lipinski definition) is 1. The average Bonchev–Trinajstić information content (AvgIpc) is 2.04. The van der Waals surface area contributed by atoms with Crippen LogP contribution in [0.25, 0.3) is 0 Å². The first kappa shape index (κ1) is 13.4. The first-order valence-corrected chi connectivity index (χ1v) is 5.30. The molecule has 0 saturated heterocycles. The van der Waals surface area contributed by atoms with E-state index in [9.17, 15) is 0 Å². The van der Waals surface area contributed by atoms with Crippen LogP contribution in [0.1, 0.15) is 6.92 Å². The van der Waals surface area contributed by atoms with Crippen LogP contribution >= 0.6 is 34.2 Å². The van der Waals surface area contributed by atoms with Crippen molar-refractivity contribution in [1.82, 2.24) is 0 Å². The second-order valence-electron chi connectivity index (χ2n) is 2.34. The van der Waals surface area contributed by atoms with Crippen LogP contribution in [0.2, 0.25) is 0 Å². The van der Waals surface area contributed by atoms with Gasteiger partial charge in [0.05, 0.1) is 13.2 Å². The molecule has 76 valence electrons. The van der Waals surface area contributed by atoms with Crippen molar-refractivity contribution in [2.75, 3.05) is 20.3 Å². The van der Waals surface area contributed by atoms with Gasteiger partial charge >= 0.3 is 0 Å². The van der Waals surface area contributed by atoms with Crippen LogP contribution in [0.4, 0.5) is 0 Å². The Labute approximate surface area is 97.0 Å². The molecule has 0 bridgehead atoms. The van der Waals surface area contributed by atoms with Crippen LogP contribution in [0, 0.1) is 0 Å². The van der Waals surface area contributed by atoms with Crippen LogP contribution in [0.15, 0.2) is 16.6 Å². The molecule has 0 radical (unpaired) electrons. The molecule has 0 fully saturated rings. The lowest BCUT2D eigenvalue weighted by Gasteiger charge is -2.03. The molecule has 3 nitrogen and oxygen atoms in total. The highest BCUT2D eigenvalue weighted by atomic mass is 127. The summed E-state index contributed by atoms with van der Waals surface area (Å²) in [5.74, 6) is 0. The van der Waals surface area contributed by atoms with Crippen LogP contribution in [0.5, 0.6) is 0 Å². The molecular formula is C8H13ClINO2. The van der Waals surface area contributed by atoms with E-state index in [0.717, 1.165) is 9.29 Å². The van der Waals surface area contributed by atoms with E-state index >= 15 is 0 Å². The van der Waals surface area contributed by atoms with Gasteiger partial charge in [-0.15, -0.1) is 0 Å². The van der Waals surface area contributed by atoms with Gasteiger partial charge in [0, 0.05) is 12.7 Å². The second kappa shape index (κ2) is 7.73. The number of alkyl halides is 1. The highest BCUT2D eigenvalue weighted by Gasteiger charge is 2.02. The summed E-state index contributed by atoms with van der Waals surface area (Å²) in [4.78, 5) is 4.09. The predicted molar refractivity (Wildman–Crippen MR) is 63.8 cm³/mol. The third-order valence-electron chi connectivity index (χ3n) is 1.22. The molecule has 0 aromatic carbocycles. The van der Waals surface area contributed by atoms with Gasteiger partial charge in [-0.1, -0.05) is 17.7 Å². The predicted octanol–water partition coefficient (Wildman–Crippen LogP) is 1.97. The number of aliphatic hydroxyl groups excluding tert-OH is 1. The van der Waals surface area contributed by atoms with E-state index in [2.05, 4.69) is 4.99 Å². The quantitative estimate of drug-likeness (QED) is 0.364. The van der Waals surface area contributed by atoms with Gasteiger partial charge in [-0.05, 0) is 29.5 Å². The lowest BCUT2D eigenvalue weighted by atomic mass is 10.3. The van der Waals surface area contributed by atoms with Crippen LogP contribution in [0.3, 0.4) is 0 Å². The van der Waals surface area contributed by atoms with Crippen molar-refractivity contribution in [3.63, 3.8) is 0 Å². The summed E-state index contributed by atoms with van der Waals surface area (Å²) in [5, 5.41) is 8.98. The minimum Gasteiger partial charge on any atom is -0.392 e. The summed E-state index contributed by atoms with van der Waals surface area (Å²) in [7, 11) is 1.60. The first-order chi connectivity index (χ1) is 6.11. The highest BCUT2D eigenvalue weighted by molar-refractivity contribution is 14.1. The zero-order valence-corrected chi connectivity index (χ0v) is 10.5. The zero-order chi connectivity index (χ0) is 10.3. The topological polar surface area (TPSA) is 41.8 Å². The van der Waals surface area contributed by atoms with Gasteiger partial charge in [0.25, 0.3) is 0 Å². The lowest BCUT2D eigenvalue weighted by Crippen LogP contribution is -2.03. The van der Waals surface area contributed by atoms with Gasteiger partial charge in [-0.3, -0.25) is 4.99 Å². The molecule has 0 aliphatic heterocycles.